The zero-order valence-corrected chi connectivity index (χ0v) is 12.1. The molecule has 108 valence electrons. The van der Waals surface area contributed by atoms with Crippen LogP contribution >= 0.6 is 0 Å². The van der Waals surface area contributed by atoms with Gasteiger partial charge < -0.3 is 15.0 Å². The summed E-state index contributed by atoms with van der Waals surface area (Å²) in [4.78, 5) is 17.3. The number of amides is 1. The molecular weight excluding hydrogens is 252 g/mol. The van der Waals surface area contributed by atoms with Gasteiger partial charge in [0.15, 0.2) is 0 Å². The van der Waals surface area contributed by atoms with E-state index in [4.69, 9.17) is 5.11 Å². The third-order valence-electron chi connectivity index (χ3n) is 3.55. The lowest BCUT2D eigenvalue weighted by atomic mass is 10.0. The second-order valence-electron chi connectivity index (χ2n) is 5.09. The summed E-state index contributed by atoms with van der Waals surface area (Å²) in [5, 5.41) is 10.2. The highest BCUT2D eigenvalue weighted by atomic mass is 16.3. The molecule has 0 aliphatic carbocycles. The number of aromatic amines is 1. The molecule has 1 amide bonds. The predicted molar refractivity (Wildman–Crippen MR) is 80.7 cm³/mol. The Kier molecular flexibility index (Phi) is 4.79. The van der Waals surface area contributed by atoms with Gasteiger partial charge in [0.05, 0.1) is 13.0 Å². The first-order chi connectivity index (χ1) is 9.67. The van der Waals surface area contributed by atoms with Crippen LogP contribution in [0.25, 0.3) is 10.9 Å². The molecule has 4 heteroatoms. The number of aryl methyl sites for hydroxylation is 1. The van der Waals surface area contributed by atoms with E-state index in [1.54, 1.807) is 4.90 Å². The topological polar surface area (TPSA) is 56.3 Å². The summed E-state index contributed by atoms with van der Waals surface area (Å²) >= 11 is 0. The van der Waals surface area contributed by atoms with Crippen LogP contribution in [0.2, 0.25) is 0 Å². The molecule has 2 N–H and O–H groups in total. The monoisotopic (exact) mass is 274 g/mol. The van der Waals surface area contributed by atoms with E-state index >= 15 is 0 Å². The fourth-order valence-electron chi connectivity index (χ4n) is 2.62. The third-order valence-corrected chi connectivity index (χ3v) is 3.55. The van der Waals surface area contributed by atoms with Crippen LogP contribution in [0.4, 0.5) is 0 Å². The highest BCUT2D eigenvalue weighted by Gasteiger charge is 2.15. The van der Waals surface area contributed by atoms with Crippen molar-refractivity contribution in [1.82, 2.24) is 9.88 Å². The van der Waals surface area contributed by atoms with E-state index in [2.05, 4.69) is 18.0 Å². The van der Waals surface area contributed by atoms with Crippen LogP contribution in [0.3, 0.4) is 0 Å². The molecule has 0 aliphatic rings. The summed E-state index contributed by atoms with van der Waals surface area (Å²) in [5.74, 6) is 0.0741. The smallest absolute Gasteiger partial charge is 0.227 e. The van der Waals surface area contributed by atoms with Gasteiger partial charge in [0, 0.05) is 30.2 Å². The predicted octanol–water partition coefficient (Wildman–Crippen LogP) is 2.25. The van der Waals surface area contributed by atoms with Crippen molar-refractivity contribution in [3.8, 4) is 0 Å². The number of H-pyrrole nitrogens is 1. The zero-order chi connectivity index (χ0) is 14.5. The van der Waals surface area contributed by atoms with Crippen molar-refractivity contribution in [2.45, 2.75) is 26.7 Å². The maximum Gasteiger partial charge on any atom is 0.227 e. The van der Waals surface area contributed by atoms with Gasteiger partial charge in [0.1, 0.15) is 0 Å². The molecule has 0 saturated heterocycles. The first-order valence-corrected chi connectivity index (χ1v) is 7.11. The van der Waals surface area contributed by atoms with Crippen molar-refractivity contribution >= 4 is 16.8 Å². The first-order valence-electron chi connectivity index (χ1n) is 7.11. The number of nitrogens with one attached hydrogen (secondary N) is 1. The Bertz CT molecular complexity index is 583. The van der Waals surface area contributed by atoms with Crippen LogP contribution < -0.4 is 0 Å². The van der Waals surface area contributed by atoms with Crippen molar-refractivity contribution in [2.75, 3.05) is 19.7 Å². The highest BCUT2D eigenvalue weighted by Crippen LogP contribution is 2.22. The van der Waals surface area contributed by atoms with E-state index in [1.165, 1.54) is 5.56 Å². The minimum Gasteiger partial charge on any atom is -0.395 e. The molecule has 2 aromatic rings. The molecule has 0 spiro atoms. The van der Waals surface area contributed by atoms with Crippen LogP contribution in [0.15, 0.2) is 24.4 Å². The van der Waals surface area contributed by atoms with E-state index in [0.29, 0.717) is 19.5 Å². The zero-order valence-electron chi connectivity index (χ0n) is 12.1. The lowest BCUT2D eigenvalue weighted by Gasteiger charge is -2.21. The van der Waals surface area contributed by atoms with Gasteiger partial charge in [-0.15, -0.1) is 0 Å². The average Bonchev–Trinajstić information content (AvgIpc) is 2.83. The molecule has 20 heavy (non-hydrogen) atoms. The molecule has 1 aromatic carbocycles. The van der Waals surface area contributed by atoms with Gasteiger partial charge in [-0.2, -0.15) is 0 Å². The van der Waals surface area contributed by atoms with Gasteiger partial charge in [-0.25, -0.2) is 0 Å². The molecule has 4 nitrogen and oxygen atoms in total. The first kappa shape index (κ1) is 14.6. The van der Waals surface area contributed by atoms with Gasteiger partial charge in [-0.1, -0.05) is 19.1 Å². The lowest BCUT2D eigenvalue weighted by molar-refractivity contribution is -0.131. The third kappa shape index (κ3) is 3.02. The van der Waals surface area contributed by atoms with Gasteiger partial charge in [-0.05, 0) is 30.5 Å². The second-order valence-corrected chi connectivity index (χ2v) is 5.09. The van der Waals surface area contributed by atoms with E-state index in [1.807, 2.05) is 25.3 Å². The molecule has 0 atom stereocenters. The lowest BCUT2D eigenvalue weighted by Crippen LogP contribution is -2.35. The van der Waals surface area contributed by atoms with E-state index in [-0.39, 0.29) is 12.5 Å². The Morgan fingerprint density at radius 3 is 2.85 bits per heavy atom. The number of nitrogens with zero attached hydrogens (tertiary/aromatic N) is 1. The minimum atomic E-state index is 0.0126. The maximum atomic E-state index is 12.3. The van der Waals surface area contributed by atoms with E-state index in [9.17, 15) is 4.79 Å². The van der Waals surface area contributed by atoms with Crippen LogP contribution in [0.1, 0.15) is 24.5 Å². The van der Waals surface area contributed by atoms with Crippen molar-refractivity contribution in [1.29, 1.82) is 0 Å². The van der Waals surface area contributed by atoms with Crippen molar-refractivity contribution in [3.63, 3.8) is 0 Å². The average molecular weight is 274 g/mol. The van der Waals surface area contributed by atoms with Crippen LogP contribution in [-0.2, 0) is 11.2 Å². The standard InChI is InChI=1S/C16H22N2O2/c1-3-7-18(8-9-19)15(20)10-13-11-17-14-6-4-5-12(2)16(13)14/h4-6,11,17,19H,3,7-10H2,1-2H3. The summed E-state index contributed by atoms with van der Waals surface area (Å²) in [6, 6.07) is 6.09. The molecule has 0 fully saturated rings. The number of carbonyl (C=O) groups is 1. The number of rotatable bonds is 6. The summed E-state index contributed by atoms with van der Waals surface area (Å²) in [6.45, 7) is 5.21. The molecular formula is C16H22N2O2. The summed E-state index contributed by atoms with van der Waals surface area (Å²) < 4.78 is 0. The fourth-order valence-corrected chi connectivity index (χ4v) is 2.62. The highest BCUT2D eigenvalue weighted by molar-refractivity contribution is 5.91. The van der Waals surface area contributed by atoms with E-state index < -0.39 is 0 Å². The summed E-state index contributed by atoms with van der Waals surface area (Å²) in [5.41, 5.74) is 3.27. The number of benzene rings is 1. The largest absolute Gasteiger partial charge is 0.395 e. The van der Waals surface area contributed by atoms with Gasteiger partial charge in [0.2, 0.25) is 5.91 Å². The Balaban J connectivity index is 2.21. The van der Waals surface area contributed by atoms with Gasteiger partial charge >= 0.3 is 0 Å². The number of aliphatic hydroxyl groups excluding tert-OH is 1. The molecule has 1 heterocycles. The number of hydrogen-bond acceptors (Lipinski definition) is 2. The maximum absolute atomic E-state index is 12.3. The van der Waals surface area contributed by atoms with Gasteiger partial charge in [0.25, 0.3) is 0 Å². The number of aliphatic hydroxyl groups is 1. The number of carbonyl (C=O) groups excluding carboxylic acids is 1. The number of hydrogen-bond donors (Lipinski definition) is 2. The van der Waals surface area contributed by atoms with Gasteiger partial charge in [-0.3, -0.25) is 4.79 Å². The second kappa shape index (κ2) is 6.57. The quantitative estimate of drug-likeness (QED) is 0.849. The van der Waals surface area contributed by atoms with E-state index in [0.717, 1.165) is 22.9 Å². The summed E-state index contributed by atoms with van der Waals surface area (Å²) in [6.07, 6.45) is 3.20. The summed E-state index contributed by atoms with van der Waals surface area (Å²) in [7, 11) is 0. The molecule has 0 unspecified atom stereocenters. The van der Waals surface area contributed by atoms with Crippen LogP contribution in [-0.4, -0.2) is 40.6 Å². The molecule has 1 aromatic heterocycles. The Morgan fingerprint density at radius 1 is 1.35 bits per heavy atom. The number of fused-ring (bicyclic) bond motifs is 1. The molecule has 0 bridgehead atoms. The normalized spacial score (nSPS) is 10.9. The van der Waals surface area contributed by atoms with Crippen LogP contribution in [0, 0.1) is 6.92 Å². The Morgan fingerprint density at radius 2 is 2.15 bits per heavy atom. The van der Waals surface area contributed by atoms with Crippen LogP contribution in [0.5, 0.6) is 0 Å². The molecule has 2 rings (SSSR count). The molecule has 0 radical (unpaired) electrons. The Labute approximate surface area is 119 Å². The minimum absolute atomic E-state index is 0.0126. The fraction of sp³-hybridized carbons (Fsp3) is 0.438. The number of aromatic nitrogens is 1. The van der Waals surface area contributed by atoms with Crippen molar-refractivity contribution in [3.05, 3.63) is 35.5 Å². The molecule has 0 aliphatic heterocycles. The Hall–Kier alpha value is -1.81. The molecule has 0 saturated carbocycles. The SMILES string of the molecule is CCCN(CCO)C(=O)Cc1c[nH]c2cccc(C)c12. The van der Waals surface area contributed by atoms with Crippen molar-refractivity contribution in [2.24, 2.45) is 0 Å². The van der Waals surface area contributed by atoms with Crippen molar-refractivity contribution < 1.29 is 9.90 Å².